The Kier molecular flexibility index (Phi) is 5.00. The van der Waals surface area contributed by atoms with Crippen LogP contribution in [-0.4, -0.2) is 15.8 Å². The zero-order valence-electron chi connectivity index (χ0n) is 15.0. The topological polar surface area (TPSA) is 59.0 Å². The molecule has 2 aromatic carbocycles. The lowest BCUT2D eigenvalue weighted by Gasteiger charge is -2.22. The number of carbonyl (C=O) groups excluding carboxylic acids is 1. The molecule has 0 saturated carbocycles. The number of benzene rings is 2. The minimum absolute atomic E-state index is 0.282. The maximum absolute atomic E-state index is 12.4. The maximum Gasteiger partial charge on any atom is 0.324 e. The molecule has 5 nitrogen and oxygen atoms in total. The Morgan fingerprint density at radius 3 is 2.27 bits per heavy atom. The summed E-state index contributed by atoms with van der Waals surface area (Å²) in [4.78, 5) is 12.4. The first kappa shape index (κ1) is 18.0. The zero-order valence-corrected chi connectivity index (χ0v) is 15.7. The summed E-state index contributed by atoms with van der Waals surface area (Å²) in [5.41, 5.74) is 2.19. The van der Waals surface area contributed by atoms with Crippen LogP contribution in [-0.2, 0) is 5.54 Å². The number of anilines is 2. The summed E-state index contributed by atoms with van der Waals surface area (Å²) in [6.45, 7) is 6.12. The van der Waals surface area contributed by atoms with Crippen molar-refractivity contribution in [1.82, 2.24) is 9.78 Å². The second-order valence-electron chi connectivity index (χ2n) is 6.95. The van der Waals surface area contributed by atoms with Gasteiger partial charge >= 0.3 is 6.03 Å². The van der Waals surface area contributed by atoms with Gasteiger partial charge in [0.15, 0.2) is 0 Å². The number of rotatable bonds is 3. The fraction of sp³-hybridized carbons (Fsp3) is 0.200. The average molecular weight is 369 g/mol. The molecule has 3 aromatic rings. The fourth-order valence-corrected chi connectivity index (χ4v) is 2.67. The second-order valence-corrected chi connectivity index (χ2v) is 7.39. The van der Waals surface area contributed by atoms with Gasteiger partial charge in [0, 0.05) is 22.3 Å². The van der Waals surface area contributed by atoms with E-state index < -0.39 is 0 Å². The first-order valence-electron chi connectivity index (χ1n) is 8.32. The highest BCUT2D eigenvalue weighted by Gasteiger charge is 2.21. The summed E-state index contributed by atoms with van der Waals surface area (Å²) in [6, 6.07) is 18.4. The number of nitrogens with zero attached hydrogens (tertiary/aromatic N) is 2. The van der Waals surface area contributed by atoms with Crippen molar-refractivity contribution in [1.29, 1.82) is 0 Å². The molecule has 0 spiro atoms. The Labute approximate surface area is 158 Å². The van der Waals surface area contributed by atoms with Crippen molar-refractivity contribution in [3.05, 3.63) is 65.7 Å². The van der Waals surface area contributed by atoms with E-state index in [-0.39, 0.29) is 11.6 Å². The molecule has 26 heavy (non-hydrogen) atoms. The van der Waals surface area contributed by atoms with Crippen LogP contribution in [0.15, 0.2) is 60.7 Å². The SMILES string of the molecule is CC(C)(C)n1nc(-c2ccccc2)cc1NC(=O)Nc1ccc(Cl)cc1. The van der Waals surface area contributed by atoms with E-state index in [1.807, 2.05) is 61.9 Å². The molecule has 0 fully saturated rings. The standard InChI is InChI=1S/C20H21ClN4O/c1-20(2,3)25-18(13-17(24-25)14-7-5-4-6-8-14)23-19(26)22-16-11-9-15(21)10-12-16/h4-13H,1-3H3,(H2,22,23,26). The van der Waals surface area contributed by atoms with Gasteiger partial charge in [0.05, 0.1) is 11.2 Å². The number of urea groups is 1. The molecule has 0 radical (unpaired) electrons. The van der Waals surface area contributed by atoms with Gasteiger partial charge in [0.1, 0.15) is 5.82 Å². The largest absolute Gasteiger partial charge is 0.324 e. The minimum Gasteiger partial charge on any atom is -0.308 e. The monoisotopic (exact) mass is 368 g/mol. The maximum atomic E-state index is 12.4. The van der Waals surface area contributed by atoms with Crippen LogP contribution < -0.4 is 10.6 Å². The van der Waals surface area contributed by atoms with Gasteiger partial charge in [0.2, 0.25) is 0 Å². The molecule has 0 aliphatic heterocycles. The molecule has 0 atom stereocenters. The van der Waals surface area contributed by atoms with E-state index >= 15 is 0 Å². The van der Waals surface area contributed by atoms with Crippen molar-refractivity contribution >= 4 is 29.1 Å². The van der Waals surface area contributed by atoms with Crippen molar-refractivity contribution < 1.29 is 4.79 Å². The normalized spacial score (nSPS) is 11.2. The molecule has 2 N–H and O–H groups in total. The van der Waals surface area contributed by atoms with Crippen molar-refractivity contribution in [2.24, 2.45) is 0 Å². The molecule has 3 rings (SSSR count). The van der Waals surface area contributed by atoms with Crippen LogP contribution in [0.1, 0.15) is 20.8 Å². The van der Waals surface area contributed by atoms with Crippen LogP contribution in [0, 0.1) is 0 Å². The van der Waals surface area contributed by atoms with Crippen molar-refractivity contribution in [3.63, 3.8) is 0 Å². The number of hydrogen-bond donors (Lipinski definition) is 2. The van der Waals surface area contributed by atoms with Crippen molar-refractivity contribution in [3.8, 4) is 11.3 Å². The molecule has 134 valence electrons. The van der Waals surface area contributed by atoms with Gasteiger partial charge in [-0.05, 0) is 45.0 Å². The molecular formula is C20H21ClN4O. The van der Waals surface area contributed by atoms with E-state index in [4.69, 9.17) is 11.6 Å². The van der Waals surface area contributed by atoms with E-state index in [0.717, 1.165) is 11.3 Å². The van der Waals surface area contributed by atoms with Crippen LogP contribution >= 0.6 is 11.6 Å². The molecule has 1 aromatic heterocycles. The van der Waals surface area contributed by atoms with Crippen LogP contribution in [0.2, 0.25) is 5.02 Å². The van der Waals surface area contributed by atoms with E-state index in [2.05, 4.69) is 15.7 Å². The van der Waals surface area contributed by atoms with E-state index in [9.17, 15) is 4.79 Å². The molecule has 2 amide bonds. The van der Waals surface area contributed by atoms with E-state index in [1.165, 1.54) is 0 Å². The lowest BCUT2D eigenvalue weighted by molar-refractivity contribution is 0.261. The summed E-state index contributed by atoms with van der Waals surface area (Å²) in [5, 5.41) is 11.0. The zero-order chi connectivity index (χ0) is 18.7. The Balaban J connectivity index is 1.85. The van der Waals surface area contributed by atoms with Gasteiger partial charge in [-0.15, -0.1) is 0 Å². The molecule has 0 saturated heterocycles. The molecule has 1 heterocycles. The molecule has 0 aliphatic carbocycles. The molecule has 0 unspecified atom stereocenters. The molecule has 0 bridgehead atoms. The highest BCUT2D eigenvalue weighted by molar-refractivity contribution is 6.30. The Morgan fingerprint density at radius 2 is 1.65 bits per heavy atom. The lowest BCUT2D eigenvalue weighted by atomic mass is 10.1. The van der Waals surface area contributed by atoms with Gasteiger partial charge in [0.25, 0.3) is 0 Å². The van der Waals surface area contributed by atoms with Gasteiger partial charge in [-0.1, -0.05) is 41.9 Å². The van der Waals surface area contributed by atoms with Gasteiger partial charge < -0.3 is 5.32 Å². The predicted molar refractivity (Wildman–Crippen MR) is 107 cm³/mol. The number of hydrogen-bond acceptors (Lipinski definition) is 2. The highest BCUT2D eigenvalue weighted by Crippen LogP contribution is 2.27. The van der Waals surface area contributed by atoms with Gasteiger partial charge in [-0.2, -0.15) is 5.10 Å². The molecule has 6 heteroatoms. The summed E-state index contributed by atoms with van der Waals surface area (Å²) < 4.78 is 1.82. The average Bonchev–Trinajstić information content (AvgIpc) is 3.02. The number of carbonyl (C=O) groups is 1. The van der Waals surface area contributed by atoms with E-state index in [0.29, 0.717) is 16.5 Å². The van der Waals surface area contributed by atoms with Crippen LogP contribution in [0.4, 0.5) is 16.3 Å². The lowest BCUT2D eigenvalue weighted by Crippen LogP contribution is -2.28. The Morgan fingerprint density at radius 1 is 1.00 bits per heavy atom. The summed E-state index contributed by atoms with van der Waals surface area (Å²) in [6.07, 6.45) is 0. The number of amides is 2. The summed E-state index contributed by atoms with van der Waals surface area (Å²) >= 11 is 5.87. The first-order valence-corrected chi connectivity index (χ1v) is 8.70. The number of aromatic nitrogens is 2. The smallest absolute Gasteiger partial charge is 0.308 e. The van der Waals surface area contributed by atoms with Crippen LogP contribution in [0.25, 0.3) is 11.3 Å². The third-order valence-corrected chi connectivity index (χ3v) is 4.01. The van der Waals surface area contributed by atoms with Crippen LogP contribution in [0.3, 0.4) is 0 Å². The highest BCUT2D eigenvalue weighted by atomic mass is 35.5. The van der Waals surface area contributed by atoms with Crippen molar-refractivity contribution in [2.45, 2.75) is 26.3 Å². The number of nitrogens with one attached hydrogen (secondary N) is 2. The summed E-state index contributed by atoms with van der Waals surface area (Å²) in [5.74, 6) is 0.628. The Hall–Kier alpha value is -2.79. The van der Waals surface area contributed by atoms with Gasteiger partial charge in [-0.25, -0.2) is 9.48 Å². The van der Waals surface area contributed by atoms with Gasteiger partial charge in [-0.3, -0.25) is 5.32 Å². The van der Waals surface area contributed by atoms with E-state index in [1.54, 1.807) is 24.3 Å². The minimum atomic E-state index is -0.336. The third kappa shape index (κ3) is 4.24. The molecular weight excluding hydrogens is 348 g/mol. The quantitative estimate of drug-likeness (QED) is 0.631. The van der Waals surface area contributed by atoms with Crippen molar-refractivity contribution in [2.75, 3.05) is 10.6 Å². The third-order valence-electron chi connectivity index (χ3n) is 3.76. The second kappa shape index (κ2) is 7.22. The number of halogens is 1. The fourth-order valence-electron chi connectivity index (χ4n) is 2.54. The summed E-state index contributed by atoms with van der Waals surface area (Å²) in [7, 11) is 0. The Bertz CT molecular complexity index is 896. The molecule has 0 aliphatic rings. The predicted octanol–water partition coefficient (Wildman–Crippen LogP) is 5.60. The first-order chi connectivity index (χ1) is 12.3. The van der Waals surface area contributed by atoms with Crippen LogP contribution in [0.5, 0.6) is 0 Å².